The van der Waals surface area contributed by atoms with E-state index in [1.165, 1.54) is 54.3 Å². The zero-order valence-electron chi connectivity index (χ0n) is 18.3. The van der Waals surface area contributed by atoms with E-state index in [-0.39, 0.29) is 41.1 Å². The Morgan fingerprint density at radius 3 is 1.32 bits per heavy atom. The molecular weight excluding hydrogens is 432 g/mol. The van der Waals surface area contributed by atoms with Gasteiger partial charge in [-0.2, -0.15) is 12.1 Å². The van der Waals surface area contributed by atoms with Gasteiger partial charge in [0.15, 0.2) is 0 Å². The molecule has 0 aliphatic carbocycles. The van der Waals surface area contributed by atoms with Crippen molar-refractivity contribution in [1.82, 2.24) is 0 Å². The van der Waals surface area contributed by atoms with Crippen LogP contribution in [0.3, 0.4) is 0 Å². The zero-order valence-corrected chi connectivity index (χ0v) is 21.8. The summed E-state index contributed by atoms with van der Waals surface area (Å²) < 4.78 is 0. The summed E-state index contributed by atoms with van der Waals surface area (Å²) in [5, 5.41) is 5.39. The molecule has 0 amide bonds. The monoisotopic (exact) mass is 464 g/mol. The van der Waals surface area contributed by atoms with E-state index in [1.807, 2.05) is 0 Å². The van der Waals surface area contributed by atoms with Gasteiger partial charge in [0, 0.05) is 9.52 Å². The maximum atomic E-state index is 2.22. The third-order valence-electron chi connectivity index (χ3n) is 4.02. The van der Waals surface area contributed by atoms with Crippen LogP contribution in [0.2, 0.25) is 12.1 Å². The fraction of sp³-hybridized carbons (Fsp3) is 0.231. The first-order chi connectivity index (χ1) is 12.1. The minimum atomic E-state index is 0. The van der Waals surface area contributed by atoms with E-state index in [9.17, 15) is 0 Å². The molecular formula is C26H34SiZr. The van der Waals surface area contributed by atoms with Crippen molar-refractivity contribution in [2.45, 2.75) is 39.8 Å². The average Bonchev–Trinajstić information content (AvgIpc) is 3.17. The van der Waals surface area contributed by atoms with Crippen LogP contribution >= 0.6 is 0 Å². The Kier molecular flexibility index (Phi) is 16.2. The van der Waals surface area contributed by atoms with E-state index in [4.69, 9.17) is 0 Å². The quantitative estimate of drug-likeness (QED) is 0.207. The third kappa shape index (κ3) is 9.30. The normalized spacial score (nSPS) is 9.00. The first-order valence-electron chi connectivity index (χ1n) is 9.09. The fourth-order valence-corrected chi connectivity index (χ4v) is 3.36. The molecule has 0 aliphatic rings. The van der Waals surface area contributed by atoms with Gasteiger partial charge in [0.2, 0.25) is 0 Å². The van der Waals surface area contributed by atoms with Gasteiger partial charge in [0.25, 0.3) is 0 Å². The summed E-state index contributed by atoms with van der Waals surface area (Å²) in [6.45, 7) is 8.70. The van der Waals surface area contributed by atoms with Crippen molar-refractivity contribution in [2.75, 3.05) is 0 Å². The first-order valence-corrected chi connectivity index (χ1v) is 10.5. The Morgan fingerprint density at radius 1 is 0.679 bits per heavy atom. The maximum absolute atomic E-state index is 2.22. The molecule has 0 aliphatic heterocycles. The minimum absolute atomic E-state index is 0. The van der Waals surface area contributed by atoms with Crippen molar-refractivity contribution in [1.29, 1.82) is 0 Å². The van der Waals surface area contributed by atoms with Crippen molar-refractivity contribution in [2.24, 2.45) is 0 Å². The van der Waals surface area contributed by atoms with Gasteiger partial charge in [-0.1, -0.05) is 51.9 Å². The molecule has 0 spiro atoms. The van der Waals surface area contributed by atoms with E-state index in [2.05, 4.69) is 100 Å². The van der Waals surface area contributed by atoms with Crippen LogP contribution in [0.4, 0.5) is 0 Å². The molecule has 0 aromatic heterocycles. The van der Waals surface area contributed by atoms with Crippen LogP contribution < -0.4 is 0 Å². The molecule has 0 nitrogen and oxygen atoms in total. The third-order valence-corrected chi connectivity index (χ3v) is 5.02. The molecule has 146 valence electrons. The van der Waals surface area contributed by atoms with Crippen molar-refractivity contribution in [3.63, 3.8) is 0 Å². The van der Waals surface area contributed by atoms with Gasteiger partial charge in [-0.15, -0.1) is 81.2 Å². The number of fused-ring (bicyclic) bond motifs is 2. The molecule has 0 saturated carbocycles. The summed E-state index contributed by atoms with van der Waals surface area (Å²) in [6.07, 6.45) is 0. The molecule has 0 bridgehead atoms. The van der Waals surface area contributed by atoms with E-state index >= 15 is 0 Å². The predicted molar refractivity (Wildman–Crippen MR) is 128 cm³/mol. The number of rotatable bonds is 2. The van der Waals surface area contributed by atoms with E-state index < -0.39 is 0 Å². The van der Waals surface area contributed by atoms with Crippen LogP contribution in [-0.4, -0.2) is 9.52 Å². The van der Waals surface area contributed by atoms with Crippen molar-refractivity contribution in [3.05, 3.63) is 98.8 Å². The Bertz CT molecular complexity index is 745. The summed E-state index contributed by atoms with van der Waals surface area (Å²) in [5.41, 5.74) is 2.70. The van der Waals surface area contributed by atoms with E-state index in [1.54, 1.807) is 0 Å². The van der Waals surface area contributed by atoms with Crippen LogP contribution in [-0.2, 0) is 26.2 Å². The van der Waals surface area contributed by atoms with Crippen molar-refractivity contribution in [3.8, 4) is 0 Å². The van der Waals surface area contributed by atoms with Gasteiger partial charge in [-0.25, -0.2) is 0 Å². The standard InChI is InChI=1S/2C10H9.C4H10Si.2CH3.Zr/c2*1-8-6-9-4-2-3-5-10(9)7-8;1-3-5-4-2;;;/h2*2-7H,1H3;3-4H2,1-2H3;2*1H3;/q2*-1;;2*-1;+4. The Morgan fingerprint density at radius 2 is 1.04 bits per heavy atom. The smallest absolute Gasteiger partial charge is 0.358 e. The molecule has 2 heteroatoms. The van der Waals surface area contributed by atoms with Crippen LogP contribution in [0, 0.1) is 28.7 Å². The zero-order chi connectivity index (χ0) is 18.1. The number of aryl methyl sites for hydroxylation is 2. The summed E-state index contributed by atoms with van der Waals surface area (Å²) in [5.74, 6) is 0. The van der Waals surface area contributed by atoms with E-state index in [0.29, 0.717) is 0 Å². The van der Waals surface area contributed by atoms with Crippen LogP contribution in [0.1, 0.15) is 25.0 Å². The molecule has 4 rings (SSSR count). The van der Waals surface area contributed by atoms with Gasteiger partial charge in [0.1, 0.15) is 0 Å². The van der Waals surface area contributed by atoms with Gasteiger partial charge in [0.05, 0.1) is 0 Å². The molecule has 0 heterocycles. The number of hydrogen-bond donors (Lipinski definition) is 0. The summed E-state index contributed by atoms with van der Waals surface area (Å²) >= 11 is 0. The number of benzene rings is 2. The van der Waals surface area contributed by atoms with Crippen LogP contribution in [0.15, 0.2) is 72.8 Å². The second-order valence-corrected chi connectivity index (χ2v) is 8.19. The summed E-state index contributed by atoms with van der Waals surface area (Å²) in [4.78, 5) is 0. The summed E-state index contributed by atoms with van der Waals surface area (Å²) in [6, 6.07) is 28.4. The van der Waals surface area contributed by atoms with E-state index in [0.717, 1.165) is 0 Å². The largest absolute Gasteiger partial charge is 4.00 e. The molecule has 0 fully saturated rings. The average molecular weight is 466 g/mol. The second kappa shape index (κ2) is 15.7. The molecule has 28 heavy (non-hydrogen) atoms. The van der Waals surface area contributed by atoms with Gasteiger partial charge in [-0.3, -0.25) is 0 Å². The van der Waals surface area contributed by atoms with Gasteiger partial charge in [-0.05, 0) is 0 Å². The first kappa shape index (κ1) is 29.0. The number of hydrogen-bond acceptors (Lipinski definition) is 0. The van der Waals surface area contributed by atoms with Gasteiger partial charge >= 0.3 is 26.2 Å². The van der Waals surface area contributed by atoms with Crippen LogP contribution in [0.25, 0.3) is 21.5 Å². The molecule has 0 N–H and O–H groups in total. The van der Waals surface area contributed by atoms with Crippen molar-refractivity contribution >= 4 is 31.1 Å². The second-order valence-electron chi connectivity index (χ2n) is 6.28. The molecule has 0 saturated heterocycles. The molecule has 4 aromatic carbocycles. The Balaban J connectivity index is 0. The molecule has 4 aromatic rings. The topological polar surface area (TPSA) is 0 Å². The molecule has 0 atom stereocenters. The molecule has 0 unspecified atom stereocenters. The Labute approximate surface area is 195 Å². The fourth-order valence-electron chi connectivity index (χ4n) is 2.86. The Hall–Kier alpha value is -1.24. The van der Waals surface area contributed by atoms with Crippen molar-refractivity contribution < 1.29 is 26.2 Å². The predicted octanol–water partition coefficient (Wildman–Crippen LogP) is 8.20. The maximum Gasteiger partial charge on any atom is 4.00 e. The van der Waals surface area contributed by atoms with Gasteiger partial charge < -0.3 is 14.9 Å². The SMILES string of the molecule is CC[Si]CC.Cc1cc2ccccc2[cH-]1.Cc1cc2ccccc2[cH-]1.[CH3-].[CH3-].[Zr+4]. The summed E-state index contributed by atoms with van der Waals surface area (Å²) in [7, 11) is 1.20. The molecule has 2 radical (unpaired) electrons. The minimum Gasteiger partial charge on any atom is -0.358 e. The van der Waals surface area contributed by atoms with Crippen LogP contribution in [0.5, 0.6) is 0 Å².